The van der Waals surface area contributed by atoms with Gasteiger partial charge >= 0.3 is 0 Å². The molecule has 1 aliphatic rings. The first-order valence-electron chi connectivity index (χ1n) is 12.3. The van der Waals surface area contributed by atoms with E-state index < -0.39 is 0 Å². The lowest BCUT2D eigenvalue weighted by Gasteiger charge is -2.27. The summed E-state index contributed by atoms with van der Waals surface area (Å²) in [5.74, 6) is 1.42. The van der Waals surface area contributed by atoms with Crippen LogP contribution >= 0.6 is 0 Å². The van der Waals surface area contributed by atoms with Crippen LogP contribution < -0.4 is 4.74 Å². The zero-order chi connectivity index (χ0) is 23.8. The van der Waals surface area contributed by atoms with Crippen LogP contribution in [-0.4, -0.2) is 54.0 Å². The Labute approximate surface area is 203 Å². The maximum atomic E-state index is 13.3. The molecule has 0 spiro atoms. The van der Waals surface area contributed by atoms with Crippen LogP contribution in [-0.2, 0) is 6.54 Å². The number of fused-ring (bicyclic) bond motifs is 1. The number of benzene rings is 2. The standard InChI is InChI=1S/C29H35N3O2/c1-23-10-11-28-27(21-23)22-31(2)18-14-25(24-7-4-3-5-8-24)9-6-17-32(19-20-34-28)29(33)26-12-15-30-16-13-26/h3-5,7-8,10-13,15-16,21,25H,6,9,14,17-20,22H2,1-2H3. The Bertz CT molecular complexity index is 1060. The summed E-state index contributed by atoms with van der Waals surface area (Å²) in [5.41, 5.74) is 4.49. The molecule has 4 rings (SSSR count). The second-order valence-electron chi connectivity index (χ2n) is 9.26. The first-order valence-corrected chi connectivity index (χ1v) is 12.3. The SMILES string of the molecule is Cc1ccc2c(c1)CN(C)CCC(c1ccccc1)CCCN(C(=O)c1ccncc1)CCO2. The number of hydrogen-bond donors (Lipinski definition) is 0. The highest BCUT2D eigenvalue weighted by Crippen LogP contribution is 2.27. The number of nitrogens with zero attached hydrogens (tertiary/aromatic N) is 3. The third-order valence-corrected chi connectivity index (χ3v) is 6.60. The number of ether oxygens (including phenoxy) is 1. The molecular weight excluding hydrogens is 422 g/mol. The molecule has 0 N–H and O–H groups in total. The van der Waals surface area contributed by atoms with E-state index in [2.05, 4.69) is 72.4 Å². The highest BCUT2D eigenvalue weighted by molar-refractivity contribution is 5.94. The van der Waals surface area contributed by atoms with Crippen LogP contribution in [0.25, 0.3) is 0 Å². The Hall–Kier alpha value is -3.18. The minimum Gasteiger partial charge on any atom is -0.491 e. The number of pyridine rings is 1. The van der Waals surface area contributed by atoms with Crippen LogP contribution in [0.4, 0.5) is 0 Å². The number of amides is 1. The number of rotatable bonds is 2. The molecule has 1 unspecified atom stereocenters. The summed E-state index contributed by atoms with van der Waals surface area (Å²) in [6.07, 6.45) is 6.44. The third-order valence-electron chi connectivity index (χ3n) is 6.60. The van der Waals surface area contributed by atoms with E-state index in [4.69, 9.17) is 4.74 Å². The number of aryl methyl sites for hydroxylation is 1. The molecule has 0 bridgehead atoms. The van der Waals surface area contributed by atoms with Crippen molar-refractivity contribution < 1.29 is 9.53 Å². The molecule has 0 aliphatic carbocycles. The van der Waals surface area contributed by atoms with E-state index in [0.29, 0.717) is 31.2 Å². The quantitative estimate of drug-likeness (QED) is 0.523. The first-order chi connectivity index (χ1) is 16.6. The summed E-state index contributed by atoms with van der Waals surface area (Å²) in [6.45, 7) is 5.71. The predicted molar refractivity (Wildman–Crippen MR) is 136 cm³/mol. The molecule has 1 aromatic heterocycles. The highest BCUT2D eigenvalue weighted by Gasteiger charge is 2.19. The van der Waals surface area contributed by atoms with Gasteiger partial charge in [-0.2, -0.15) is 0 Å². The number of aromatic nitrogens is 1. The van der Waals surface area contributed by atoms with Gasteiger partial charge in [-0.15, -0.1) is 0 Å². The van der Waals surface area contributed by atoms with Crippen molar-refractivity contribution in [2.75, 3.05) is 33.3 Å². The summed E-state index contributed by atoms with van der Waals surface area (Å²) in [7, 11) is 2.19. The van der Waals surface area contributed by atoms with Crippen molar-refractivity contribution >= 4 is 5.91 Å². The van der Waals surface area contributed by atoms with Crippen molar-refractivity contribution in [2.45, 2.75) is 38.6 Å². The van der Waals surface area contributed by atoms with Crippen molar-refractivity contribution in [1.82, 2.24) is 14.8 Å². The van der Waals surface area contributed by atoms with Gasteiger partial charge in [0, 0.05) is 36.6 Å². The van der Waals surface area contributed by atoms with E-state index in [1.54, 1.807) is 24.5 Å². The molecule has 2 aromatic carbocycles. The number of hydrogen-bond acceptors (Lipinski definition) is 4. The lowest BCUT2D eigenvalue weighted by molar-refractivity contribution is 0.0724. The van der Waals surface area contributed by atoms with Gasteiger partial charge in [-0.1, -0.05) is 48.0 Å². The Morgan fingerprint density at radius 1 is 0.971 bits per heavy atom. The van der Waals surface area contributed by atoms with E-state index in [0.717, 1.165) is 38.1 Å². The highest BCUT2D eigenvalue weighted by atomic mass is 16.5. The first kappa shape index (κ1) is 24.0. The zero-order valence-electron chi connectivity index (χ0n) is 20.3. The smallest absolute Gasteiger partial charge is 0.254 e. The molecule has 3 aromatic rings. The predicted octanol–water partition coefficient (Wildman–Crippen LogP) is 5.31. The molecule has 178 valence electrons. The summed E-state index contributed by atoms with van der Waals surface area (Å²) < 4.78 is 6.21. The van der Waals surface area contributed by atoms with E-state index in [1.807, 2.05) is 4.90 Å². The minimum atomic E-state index is 0.0400. The molecule has 0 fully saturated rings. The van der Waals surface area contributed by atoms with Crippen LogP contribution in [0.1, 0.15) is 52.2 Å². The Balaban J connectivity index is 1.57. The monoisotopic (exact) mass is 457 g/mol. The topological polar surface area (TPSA) is 45.7 Å². The fraction of sp³-hybridized carbons (Fsp3) is 0.379. The number of carbonyl (C=O) groups excluding carboxylic acids is 1. The van der Waals surface area contributed by atoms with Gasteiger partial charge in [-0.25, -0.2) is 0 Å². The lowest BCUT2D eigenvalue weighted by atomic mass is 9.91. The fourth-order valence-electron chi connectivity index (χ4n) is 4.71. The Morgan fingerprint density at radius 3 is 2.56 bits per heavy atom. The largest absolute Gasteiger partial charge is 0.491 e. The summed E-state index contributed by atoms with van der Waals surface area (Å²) >= 11 is 0. The molecule has 5 nitrogen and oxygen atoms in total. The van der Waals surface area contributed by atoms with Gasteiger partial charge in [0.25, 0.3) is 5.91 Å². The maximum Gasteiger partial charge on any atom is 0.254 e. The molecule has 34 heavy (non-hydrogen) atoms. The average molecular weight is 458 g/mol. The van der Waals surface area contributed by atoms with Crippen LogP contribution in [0.15, 0.2) is 73.1 Å². The van der Waals surface area contributed by atoms with Crippen LogP contribution in [0, 0.1) is 6.92 Å². The van der Waals surface area contributed by atoms with Gasteiger partial charge in [0.2, 0.25) is 0 Å². The van der Waals surface area contributed by atoms with E-state index in [-0.39, 0.29) is 5.91 Å². The van der Waals surface area contributed by atoms with Crippen molar-refractivity contribution in [3.8, 4) is 5.75 Å². The third kappa shape index (κ3) is 6.45. The van der Waals surface area contributed by atoms with Crippen molar-refractivity contribution in [1.29, 1.82) is 0 Å². The van der Waals surface area contributed by atoms with Crippen LogP contribution in [0.5, 0.6) is 5.75 Å². The van der Waals surface area contributed by atoms with E-state index in [9.17, 15) is 4.79 Å². The van der Waals surface area contributed by atoms with Gasteiger partial charge in [-0.3, -0.25) is 9.78 Å². The van der Waals surface area contributed by atoms with Gasteiger partial charge in [-0.05, 0) is 69.5 Å². The second-order valence-corrected chi connectivity index (χ2v) is 9.26. The molecule has 1 amide bonds. The summed E-state index contributed by atoms with van der Waals surface area (Å²) in [5, 5.41) is 0. The molecule has 0 saturated heterocycles. The minimum absolute atomic E-state index is 0.0400. The Morgan fingerprint density at radius 2 is 1.76 bits per heavy atom. The molecule has 1 atom stereocenters. The van der Waals surface area contributed by atoms with Crippen molar-refractivity contribution in [3.63, 3.8) is 0 Å². The van der Waals surface area contributed by atoms with Crippen molar-refractivity contribution in [3.05, 3.63) is 95.3 Å². The van der Waals surface area contributed by atoms with Crippen LogP contribution in [0.2, 0.25) is 0 Å². The molecular formula is C29H35N3O2. The summed E-state index contributed by atoms with van der Waals surface area (Å²) in [4.78, 5) is 21.6. The normalized spacial score (nSPS) is 18.4. The second kappa shape index (κ2) is 11.8. The van der Waals surface area contributed by atoms with E-state index in [1.165, 1.54) is 16.7 Å². The molecule has 5 heteroatoms. The molecule has 2 heterocycles. The van der Waals surface area contributed by atoms with Gasteiger partial charge in [0.1, 0.15) is 12.4 Å². The number of carbonyl (C=O) groups is 1. The fourth-order valence-corrected chi connectivity index (χ4v) is 4.71. The van der Waals surface area contributed by atoms with Crippen LogP contribution in [0.3, 0.4) is 0 Å². The van der Waals surface area contributed by atoms with Crippen molar-refractivity contribution in [2.24, 2.45) is 0 Å². The zero-order valence-corrected chi connectivity index (χ0v) is 20.3. The van der Waals surface area contributed by atoms with Gasteiger partial charge in [0.05, 0.1) is 6.54 Å². The van der Waals surface area contributed by atoms with E-state index >= 15 is 0 Å². The molecule has 0 radical (unpaired) electrons. The summed E-state index contributed by atoms with van der Waals surface area (Å²) in [6, 6.07) is 20.7. The Kier molecular flexibility index (Phi) is 8.31. The molecule has 0 saturated carbocycles. The van der Waals surface area contributed by atoms with Gasteiger partial charge in [0.15, 0.2) is 0 Å². The molecule has 1 aliphatic heterocycles. The van der Waals surface area contributed by atoms with Gasteiger partial charge < -0.3 is 14.5 Å². The lowest BCUT2D eigenvalue weighted by Crippen LogP contribution is -2.36. The average Bonchev–Trinajstić information content (AvgIpc) is 2.86. The maximum absolute atomic E-state index is 13.3.